The molecule has 0 aliphatic rings. The Bertz CT molecular complexity index is 602. The van der Waals surface area contributed by atoms with Crippen LogP contribution in [0.25, 0.3) is 10.2 Å². The van der Waals surface area contributed by atoms with Gasteiger partial charge in [-0.2, -0.15) is 0 Å². The van der Waals surface area contributed by atoms with Gasteiger partial charge in [0, 0.05) is 7.05 Å². The van der Waals surface area contributed by atoms with Gasteiger partial charge in [-0.05, 0) is 11.4 Å². The Labute approximate surface area is 99.3 Å². The Morgan fingerprint density at radius 1 is 1.69 bits per heavy atom. The number of rotatable bonds is 3. The smallest absolute Gasteiger partial charge is 0.271 e. The van der Waals surface area contributed by atoms with Crippen LogP contribution in [0.15, 0.2) is 21.4 Å². The van der Waals surface area contributed by atoms with Gasteiger partial charge in [-0.25, -0.2) is 4.98 Å². The van der Waals surface area contributed by atoms with Gasteiger partial charge in [0.2, 0.25) is 5.91 Å². The second-order valence-electron chi connectivity index (χ2n) is 3.15. The molecule has 0 fully saturated rings. The van der Waals surface area contributed by atoms with Crippen molar-refractivity contribution in [3.8, 4) is 0 Å². The van der Waals surface area contributed by atoms with E-state index in [0.29, 0.717) is 15.4 Å². The van der Waals surface area contributed by atoms with E-state index in [1.165, 1.54) is 27.7 Å². The van der Waals surface area contributed by atoms with Crippen molar-refractivity contribution in [1.82, 2.24) is 9.55 Å². The summed E-state index contributed by atoms with van der Waals surface area (Å²) in [6.45, 7) is 0. The minimum atomic E-state index is -0.426. The van der Waals surface area contributed by atoms with E-state index in [1.807, 2.05) is 5.38 Å². The van der Waals surface area contributed by atoms with E-state index in [-0.39, 0.29) is 11.3 Å². The number of nitrogens with zero attached hydrogens (tertiary/aromatic N) is 2. The zero-order valence-electron chi connectivity index (χ0n) is 8.47. The molecular formula is C9H9N3O2S2. The van der Waals surface area contributed by atoms with E-state index in [0.717, 1.165) is 0 Å². The summed E-state index contributed by atoms with van der Waals surface area (Å²) in [6, 6.07) is 1.79. The molecule has 1 amide bonds. The number of amides is 1. The molecule has 2 N–H and O–H groups in total. The summed E-state index contributed by atoms with van der Waals surface area (Å²) in [5.41, 5.74) is 5.62. The Hall–Kier alpha value is -1.34. The standard InChI is InChI=1S/C9H9N3O2S2/c1-12-8(14)7-5(2-3-15-7)11-9(12)16-4-6(10)13/h2-3H,4H2,1H3,(H2,10,13). The van der Waals surface area contributed by atoms with E-state index < -0.39 is 5.91 Å². The van der Waals surface area contributed by atoms with Crippen molar-refractivity contribution in [2.45, 2.75) is 5.16 Å². The van der Waals surface area contributed by atoms with Crippen LogP contribution in [0.2, 0.25) is 0 Å². The van der Waals surface area contributed by atoms with Crippen LogP contribution in [0.4, 0.5) is 0 Å². The van der Waals surface area contributed by atoms with Crippen molar-refractivity contribution in [3.63, 3.8) is 0 Å². The number of carbonyl (C=O) groups excluding carboxylic acids is 1. The zero-order valence-corrected chi connectivity index (χ0v) is 10.1. The third-order valence-corrected chi connectivity index (χ3v) is 3.93. The highest BCUT2D eigenvalue weighted by atomic mass is 32.2. The van der Waals surface area contributed by atoms with Crippen LogP contribution in [0.3, 0.4) is 0 Å². The zero-order chi connectivity index (χ0) is 11.7. The second-order valence-corrected chi connectivity index (χ2v) is 5.01. The molecule has 0 bridgehead atoms. The highest BCUT2D eigenvalue weighted by molar-refractivity contribution is 7.99. The molecule has 2 aromatic heterocycles. The quantitative estimate of drug-likeness (QED) is 0.642. The fraction of sp³-hybridized carbons (Fsp3) is 0.222. The molecule has 16 heavy (non-hydrogen) atoms. The molecule has 0 spiro atoms. The average molecular weight is 255 g/mol. The van der Waals surface area contributed by atoms with Crippen LogP contribution >= 0.6 is 23.1 Å². The van der Waals surface area contributed by atoms with Gasteiger partial charge in [-0.1, -0.05) is 11.8 Å². The molecule has 0 saturated heterocycles. The first-order chi connectivity index (χ1) is 7.59. The van der Waals surface area contributed by atoms with Crippen molar-refractivity contribution in [3.05, 3.63) is 21.8 Å². The van der Waals surface area contributed by atoms with Gasteiger partial charge in [0.15, 0.2) is 5.16 Å². The number of thioether (sulfide) groups is 1. The SMILES string of the molecule is Cn1c(SCC(N)=O)nc2ccsc2c1=O. The van der Waals surface area contributed by atoms with Crippen molar-refractivity contribution in [2.24, 2.45) is 12.8 Å². The van der Waals surface area contributed by atoms with Crippen LogP contribution in [0.1, 0.15) is 0 Å². The number of fused-ring (bicyclic) bond motifs is 1. The molecule has 2 rings (SSSR count). The molecule has 0 atom stereocenters. The number of hydrogen-bond acceptors (Lipinski definition) is 5. The first-order valence-corrected chi connectivity index (χ1v) is 6.31. The van der Waals surface area contributed by atoms with E-state index in [1.54, 1.807) is 13.1 Å². The molecule has 0 radical (unpaired) electrons. The molecule has 0 aromatic carbocycles. The molecule has 2 heterocycles. The summed E-state index contributed by atoms with van der Waals surface area (Å²) >= 11 is 2.53. The highest BCUT2D eigenvalue weighted by Crippen LogP contribution is 2.19. The van der Waals surface area contributed by atoms with E-state index in [4.69, 9.17) is 5.73 Å². The maximum Gasteiger partial charge on any atom is 0.271 e. The molecule has 0 aliphatic carbocycles. The Balaban J connectivity index is 2.49. The summed E-state index contributed by atoms with van der Waals surface area (Å²) in [6.07, 6.45) is 0. The van der Waals surface area contributed by atoms with Gasteiger partial charge >= 0.3 is 0 Å². The lowest BCUT2D eigenvalue weighted by molar-refractivity contribution is -0.115. The summed E-state index contributed by atoms with van der Waals surface area (Å²) in [5, 5.41) is 2.33. The van der Waals surface area contributed by atoms with Gasteiger partial charge in [-0.3, -0.25) is 14.2 Å². The van der Waals surface area contributed by atoms with Crippen LogP contribution in [-0.4, -0.2) is 21.2 Å². The Kier molecular flexibility index (Phi) is 2.97. The summed E-state index contributed by atoms with van der Waals surface area (Å²) in [7, 11) is 1.64. The van der Waals surface area contributed by atoms with Crippen LogP contribution < -0.4 is 11.3 Å². The third kappa shape index (κ3) is 1.96. The number of hydrogen-bond donors (Lipinski definition) is 1. The summed E-state index contributed by atoms with van der Waals surface area (Å²) in [5.74, 6) is -0.305. The monoisotopic (exact) mass is 255 g/mol. The topological polar surface area (TPSA) is 78.0 Å². The number of aromatic nitrogens is 2. The van der Waals surface area contributed by atoms with E-state index >= 15 is 0 Å². The maximum atomic E-state index is 11.9. The first-order valence-electron chi connectivity index (χ1n) is 4.45. The third-order valence-electron chi connectivity index (χ3n) is 1.99. The Morgan fingerprint density at radius 2 is 2.44 bits per heavy atom. The molecule has 0 unspecified atom stereocenters. The van der Waals surface area contributed by atoms with Crippen LogP contribution in [0.5, 0.6) is 0 Å². The number of nitrogens with two attached hydrogens (primary N) is 1. The van der Waals surface area contributed by atoms with Crippen LogP contribution in [-0.2, 0) is 11.8 Å². The lowest BCUT2D eigenvalue weighted by Gasteiger charge is -2.05. The summed E-state index contributed by atoms with van der Waals surface area (Å²) < 4.78 is 2.07. The average Bonchev–Trinajstić information content (AvgIpc) is 2.69. The second kappa shape index (κ2) is 4.26. The molecule has 7 heteroatoms. The first kappa shape index (κ1) is 11.2. The minimum absolute atomic E-state index is 0.0908. The van der Waals surface area contributed by atoms with Crippen molar-refractivity contribution in [2.75, 3.05) is 5.75 Å². The molecule has 0 aliphatic heterocycles. The Morgan fingerprint density at radius 3 is 3.12 bits per heavy atom. The number of carbonyl (C=O) groups is 1. The van der Waals surface area contributed by atoms with Gasteiger partial charge in [0.1, 0.15) is 4.70 Å². The molecule has 2 aromatic rings. The van der Waals surface area contributed by atoms with E-state index in [9.17, 15) is 9.59 Å². The van der Waals surface area contributed by atoms with Gasteiger partial charge < -0.3 is 5.73 Å². The van der Waals surface area contributed by atoms with Crippen molar-refractivity contribution < 1.29 is 4.79 Å². The van der Waals surface area contributed by atoms with Crippen molar-refractivity contribution in [1.29, 1.82) is 0 Å². The van der Waals surface area contributed by atoms with Crippen molar-refractivity contribution >= 4 is 39.2 Å². The van der Waals surface area contributed by atoms with Gasteiger partial charge in [-0.15, -0.1) is 11.3 Å². The molecule has 5 nitrogen and oxygen atoms in total. The normalized spacial score (nSPS) is 10.8. The van der Waals surface area contributed by atoms with E-state index in [2.05, 4.69) is 4.98 Å². The fourth-order valence-electron chi connectivity index (χ4n) is 1.23. The lowest BCUT2D eigenvalue weighted by atomic mass is 10.5. The lowest BCUT2D eigenvalue weighted by Crippen LogP contribution is -2.20. The number of thiophene rings is 1. The van der Waals surface area contributed by atoms with Gasteiger partial charge in [0.05, 0.1) is 11.3 Å². The number of primary amides is 1. The summed E-state index contributed by atoms with van der Waals surface area (Å²) in [4.78, 5) is 26.8. The molecular weight excluding hydrogens is 246 g/mol. The predicted molar refractivity (Wildman–Crippen MR) is 64.8 cm³/mol. The largest absolute Gasteiger partial charge is 0.369 e. The molecule has 84 valence electrons. The fourth-order valence-corrected chi connectivity index (χ4v) is 2.75. The van der Waals surface area contributed by atoms with Gasteiger partial charge in [0.25, 0.3) is 5.56 Å². The molecule has 0 saturated carbocycles. The van der Waals surface area contributed by atoms with Crippen LogP contribution in [0, 0.1) is 0 Å². The predicted octanol–water partition coefficient (Wildman–Crippen LogP) is 0.572. The minimum Gasteiger partial charge on any atom is -0.369 e. The maximum absolute atomic E-state index is 11.9. The highest BCUT2D eigenvalue weighted by Gasteiger charge is 2.10.